The summed E-state index contributed by atoms with van der Waals surface area (Å²) in [5, 5.41) is 23.5. The van der Waals surface area contributed by atoms with Crippen LogP contribution < -0.4 is 9.80 Å². The van der Waals surface area contributed by atoms with Crippen LogP contribution >= 0.6 is 0 Å². The number of furan rings is 1. The van der Waals surface area contributed by atoms with Crippen LogP contribution in [-0.4, -0.2) is 0 Å². The highest BCUT2D eigenvalue weighted by Gasteiger charge is 2.25. The summed E-state index contributed by atoms with van der Waals surface area (Å²) in [5.74, 6) is 0. The predicted octanol–water partition coefficient (Wildman–Crippen LogP) is 21.2. The van der Waals surface area contributed by atoms with Gasteiger partial charge in [0.05, 0.1) is 23.9 Å². The molecule has 1 heterocycles. The van der Waals surface area contributed by atoms with Gasteiger partial charge in [-0.25, -0.2) is 4.85 Å². The second-order valence-corrected chi connectivity index (χ2v) is 20.1. The molecule has 0 fully saturated rings. The molecule has 0 spiro atoms. The van der Waals surface area contributed by atoms with Gasteiger partial charge in [-0.1, -0.05) is 182 Å². The fourth-order valence-corrected chi connectivity index (χ4v) is 12.2. The van der Waals surface area contributed by atoms with Gasteiger partial charge in [0.2, 0.25) is 0 Å². The highest BCUT2D eigenvalue weighted by atomic mass is 16.3. The molecule has 0 bridgehead atoms. The Hall–Kier alpha value is -11.0. The molecule has 5 nitrogen and oxygen atoms in total. The van der Waals surface area contributed by atoms with Crippen LogP contribution in [0.4, 0.5) is 39.8 Å². The van der Waals surface area contributed by atoms with E-state index in [2.05, 4.69) is 263 Å². The molecule has 0 amide bonds. The van der Waals surface area contributed by atoms with Gasteiger partial charge in [-0.2, -0.15) is 5.26 Å². The normalized spacial score (nSPS) is 11.5. The summed E-state index contributed by atoms with van der Waals surface area (Å²) in [4.78, 5) is 8.77. The number of para-hydroxylation sites is 3. The Kier molecular flexibility index (Phi) is 10.6. The molecule has 14 aromatic carbocycles. The Morgan fingerprint density at radius 3 is 1.59 bits per heavy atom. The first-order valence-corrected chi connectivity index (χ1v) is 26.5. The maximum absolute atomic E-state index is 11.2. The third kappa shape index (κ3) is 7.37. The Bertz CT molecular complexity index is 4960. The van der Waals surface area contributed by atoms with E-state index >= 15 is 0 Å². The first kappa shape index (κ1) is 45.4. The minimum Gasteiger partial charge on any atom is -0.454 e. The van der Waals surface area contributed by atoms with E-state index in [-0.39, 0.29) is 0 Å². The second kappa shape index (κ2) is 18.4. The van der Waals surface area contributed by atoms with Crippen molar-refractivity contribution < 1.29 is 4.42 Å². The van der Waals surface area contributed by atoms with Gasteiger partial charge < -0.3 is 14.2 Å². The first-order chi connectivity index (χ1) is 39.1. The third-order valence-corrected chi connectivity index (χ3v) is 15.8. The van der Waals surface area contributed by atoms with Crippen molar-refractivity contribution in [2.24, 2.45) is 0 Å². The van der Waals surface area contributed by atoms with Gasteiger partial charge in [0.15, 0.2) is 11.3 Å². The summed E-state index contributed by atoms with van der Waals surface area (Å²) in [6, 6.07) is 96.1. The number of rotatable bonds is 9. The maximum atomic E-state index is 11.2. The number of nitriles is 1. The van der Waals surface area contributed by atoms with Crippen LogP contribution in [0.3, 0.4) is 0 Å². The lowest BCUT2D eigenvalue weighted by Crippen LogP contribution is -2.10. The van der Waals surface area contributed by atoms with E-state index in [4.69, 9.17) is 11.0 Å². The van der Waals surface area contributed by atoms with Crippen LogP contribution in [0.15, 0.2) is 271 Å². The number of hydrogen-bond acceptors (Lipinski definition) is 4. The second-order valence-electron chi connectivity index (χ2n) is 20.1. The van der Waals surface area contributed by atoms with Crippen LogP contribution in [0, 0.1) is 17.9 Å². The average molecular weight is 1010 g/mol. The van der Waals surface area contributed by atoms with Gasteiger partial charge in [-0.3, -0.25) is 0 Å². The SMILES string of the molecule is [C-]#[N+]c1cc(-c2ccc(N(c3ccccc3)c3ccc4ccccc4c3)cc2)c2c3ccccc3c3c(C#N)cc(-c4ccc(N(c5ccc(-c6ccccc6)cc5)c5cccc6c5oc5ccccc56)cc4)c4ccc1c2c43. The van der Waals surface area contributed by atoms with Crippen LogP contribution in [0.5, 0.6) is 0 Å². The summed E-state index contributed by atoms with van der Waals surface area (Å²) in [6.45, 7) is 8.63. The summed E-state index contributed by atoms with van der Waals surface area (Å²) in [5.41, 5.74) is 15.0. The van der Waals surface area contributed by atoms with E-state index in [1.165, 1.54) is 10.8 Å². The molecule has 0 aliphatic carbocycles. The molecule has 15 aromatic rings. The van der Waals surface area contributed by atoms with E-state index < -0.39 is 0 Å². The molecule has 15 rings (SSSR count). The average Bonchev–Trinajstić information content (AvgIpc) is 4.05. The molecule has 0 radical (unpaired) electrons. The predicted molar refractivity (Wildman–Crippen MR) is 329 cm³/mol. The summed E-state index contributed by atoms with van der Waals surface area (Å²) in [7, 11) is 0. The molecule has 366 valence electrons. The van der Waals surface area contributed by atoms with Gasteiger partial charge in [0.25, 0.3) is 0 Å². The number of anilines is 6. The van der Waals surface area contributed by atoms with E-state index in [0.29, 0.717) is 11.3 Å². The molecular formula is C74H44N4O. The molecule has 0 unspecified atom stereocenters. The minimum absolute atomic E-state index is 0.566. The quantitative estimate of drug-likeness (QED) is 0.0821. The highest BCUT2D eigenvalue weighted by molar-refractivity contribution is 6.39. The van der Waals surface area contributed by atoms with Crippen LogP contribution in [0.1, 0.15) is 5.56 Å². The Labute approximate surface area is 456 Å². The lowest BCUT2D eigenvalue weighted by Gasteiger charge is -2.26. The summed E-state index contributed by atoms with van der Waals surface area (Å²) < 4.78 is 6.67. The molecule has 5 heteroatoms. The van der Waals surface area contributed by atoms with Crippen LogP contribution in [0.2, 0.25) is 0 Å². The fourth-order valence-electron chi connectivity index (χ4n) is 12.2. The molecule has 0 aliphatic heterocycles. The minimum atomic E-state index is 0.566. The van der Waals surface area contributed by atoms with Crippen molar-refractivity contribution in [3.8, 4) is 39.4 Å². The lowest BCUT2D eigenvalue weighted by molar-refractivity contribution is 0.669. The zero-order valence-electron chi connectivity index (χ0n) is 42.6. The van der Waals surface area contributed by atoms with Gasteiger partial charge >= 0.3 is 0 Å². The Morgan fingerprint density at radius 1 is 0.354 bits per heavy atom. The topological polar surface area (TPSA) is 47.8 Å². The molecule has 0 saturated carbocycles. The highest BCUT2D eigenvalue weighted by Crippen LogP contribution is 2.51. The molecule has 1 aromatic heterocycles. The van der Waals surface area contributed by atoms with Crippen molar-refractivity contribution in [2.45, 2.75) is 0 Å². The zero-order valence-corrected chi connectivity index (χ0v) is 42.6. The van der Waals surface area contributed by atoms with E-state index in [0.717, 1.165) is 133 Å². The molecule has 79 heavy (non-hydrogen) atoms. The van der Waals surface area contributed by atoms with Gasteiger partial charge in [0, 0.05) is 44.6 Å². The maximum Gasteiger partial charge on any atom is 0.195 e. The number of hydrogen-bond donors (Lipinski definition) is 0. The smallest absolute Gasteiger partial charge is 0.195 e. The van der Waals surface area contributed by atoms with Crippen molar-refractivity contribution in [1.82, 2.24) is 0 Å². The van der Waals surface area contributed by atoms with Crippen molar-refractivity contribution in [3.05, 3.63) is 284 Å². The molecule has 0 saturated heterocycles. The Balaban J connectivity index is 0.895. The Morgan fingerprint density at radius 2 is 0.886 bits per heavy atom. The van der Waals surface area contributed by atoms with E-state index in [1.54, 1.807) is 0 Å². The monoisotopic (exact) mass is 1000 g/mol. The standard InChI is InChI=1S/C74H44N4O/c1-76-67-45-66(51-32-36-55(37-33-51)77(54-19-6-3-7-20-54)58-40-29-48-17-8-9-18-52(48)43-58)71-61-23-11-10-22-60(61)70-53(46-75)44-65(62-41-42-64(67)73(71)72(62)70)50-30-38-57(39-31-50)78(56-34-27-49(28-35-56)47-15-4-2-5-16-47)68-25-14-24-63-59-21-12-13-26-69(59)79-74(63)68/h2-45H. The summed E-state index contributed by atoms with van der Waals surface area (Å²) in [6.07, 6.45) is 0. The van der Waals surface area contributed by atoms with Crippen LogP contribution in [-0.2, 0) is 0 Å². The van der Waals surface area contributed by atoms with Gasteiger partial charge in [-0.15, -0.1) is 0 Å². The fraction of sp³-hybridized carbons (Fsp3) is 0. The van der Waals surface area contributed by atoms with E-state index in [1.807, 2.05) is 24.3 Å². The molecule has 0 atom stereocenters. The van der Waals surface area contributed by atoms with Crippen molar-refractivity contribution in [2.75, 3.05) is 9.80 Å². The number of fused-ring (bicyclic) bond motifs is 7. The molecule has 0 N–H and O–H groups in total. The number of benzene rings is 14. The lowest BCUT2D eigenvalue weighted by atomic mass is 9.82. The van der Waals surface area contributed by atoms with Crippen LogP contribution in [0.25, 0.3) is 114 Å². The third-order valence-electron chi connectivity index (χ3n) is 15.8. The molecule has 0 aliphatic rings. The van der Waals surface area contributed by atoms with Gasteiger partial charge in [0.1, 0.15) is 5.58 Å². The van der Waals surface area contributed by atoms with Crippen molar-refractivity contribution in [3.63, 3.8) is 0 Å². The summed E-state index contributed by atoms with van der Waals surface area (Å²) >= 11 is 0. The van der Waals surface area contributed by atoms with Crippen molar-refractivity contribution in [1.29, 1.82) is 5.26 Å². The zero-order chi connectivity index (χ0) is 52.6. The molecular weight excluding hydrogens is 961 g/mol. The van der Waals surface area contributed by atoms with Crippen molar-refractivity contribution >= 4 is 116 Å². The number of nitrogens with zero attached hydrogens (tertiary/aromatic N) is 4. The van der Waals surface area contributed by atoms with Gasteiger partial charge in [-0.05, 0) is 167 Å². The first-order valence-electron chi connectivity index (χ1n) is 26.5. The van der Waals surface area contributed by atoms with E-state index in [9.17, 15) is 5.26 Å². The largest absolute Gasteiger partial charge is 0.454 e.